The summed E-state index contributed by atoms with van der Waals surface area (Å²) in [6, 6.07) is 13.3. The number of aryl methyl sites for hydroxylation is 2. The Hall–Kier alpha value is -3.38. The van der Waals surface area contributed by atoms with Crippen molar-refractivity contribution in [3.8, 4) is 0 Å². The fourth-order valence-electron chi connectivity index (χ4n) is 4.49. The lowest BCUT2D eigenvalue weighted by atomic mass is 9.91. The molecule has 3 heterocycles. The van der Waals surface area contributed by atoms with Crippen molar-refractivity contribution in [2.75, 3.05) is 5.73 Å². The van der Waals surface area contributed by atoms with Gasteiger partial charge in [-0.2, -0.15) is 0 Å². The van der Waals surface area contributed by atoms with E-state index in [9.17, 15) is 4.79 Å². The van der Waals surface area contributed by atoms with Crippen molar-refractivity contribution >= 4 is 34.2 Å². The van der Waals surface area contributed by atoms with Gasteiger partial charge in [-0.05, 0) is 79.8 Å². The smallest absolute Gasteiger partial charge is 0.254 e. The number of rotatable bonds is 4. The highest BCUT2D eigenvalue weighted by Gasteiger charge is 2.31. The van der Waals surface area contributed by atoms with Gasteiger partial charge in [-0.1, -0.05) is 11.6 Å². The molecule has 0 aliphatic heterocycles. The highest BCUT2D eigenvalue weighted by molar-refractivity contribution is 6.30. The first-order chi connectivity index (χ1) is 15.5. The van der Waals surface area contributed by atoms with E-state index in [1.54, 1.807) is 6.20 Å². The number of H-pyrrole nitrogens is 1. The fourth-order valence-corrected chi connectivity index (χ4v) is 4.60. The maximum absolute atomic E-state index is 13.9. The molecule has 7 heteroatoms. The van der Waals surface area contributed by atoms with Crippen molar-refractivity contribution in [1.29, 1.82) is 0 Å². The Morgan fingerprint density at radius 2 is 2.12 bits per heavy atom. The minimum atomic E-state index is -0.0304. The number of nitrogens with two attached hydrogens (primary N) is 1. The van der Waals surface area contributed by atoms with E-state index in [1.807, 2.05) is 54.4 Å². The number of hydrogen-bond donors (Lipinski definition) is 2. The average molecular weight is 446 g/mol. The van der Waals surface area contributed by atoms with Crippen molar-refractivity contribution in [3.05, 3.63) is 88.0 Å². The second-order valence-electron chi connectivity index (χ2n) is 8.32. The zero-order valence-electron chi connectivity index (χ0n) is 17.8. The van der Waals surface area contributed by atoms with Crippen LogP contribution in [0.3, 0.4) is 0 Å². The zero-order valence-corrected chi connectivity index (χ0v) is 18.6. The van der Waals surface area contributed by atoms with Crippen molar-refractivity contribution in [3.63, 3.8) is 0 Å². The number of aromatic nitrogens is 3. The Balaban J connectivity index is 1.55. The number of fused-ring (bicyclic) bond motifs is 2. The number of nitrogen functional groups attached to an aromatic ring is 1. The van der Waals surface area contributed by atoms with Gasteiger partial charge in [-0.3, -0.25) is 9.78 Å². The molecule has 4 aromatic rings. The highest BCUT2D eigenvalue weighted by atomic mass is 35.5. The van der Waals surface area contributed by atoms with Crippen molar-refractivity contribution in [2.45, 2.75) is 38.8 Å². The Morgan fingerprint density at radius 3 is 2.94 bits per heavy atom. The van der Waals surface area contributed by atoms with Gasteiger partial charge in [0.15, 0.2) is 0 Å². The van der Waals surface area contributed by atoms with E-state index in [4.69, 9.17) is 17.3 Å². The summed E-state index contributed by atoms with van der Waals surface area (Å²) in [6.07, 6.45) is 6.52. The van der Waals surface area contributed by atoms with E-state index in [1.165, 1.54) is 11.3 Å². The van der Waals surface area contributed by atoms with Crippen LogP contribution >= 0.6 is 11.6 Å². The molecule has 1 aliphatic rings. The number of amides is 1. The molecule has 32 heavy (non-hydrogen) atoms. The molecule has 0 saturated heterocycles. The number of pyridine rings is 2. The molecule has 162 valence electrons. The first-order valence-corrected chi connectivity index (χ1v) is 11.1. The maximum atomic E-state index is 13.9. The second-order valence-corrected chi connectivity index (χ2v) is 8.75. The highest BCUT2D eigenvalue weighted by Crippen LogP contribution is 2.36. The summed E-state index contributed by atoms with van der Waals surface area (Å²) < 4.78 is 0. The van der Waals surface area contributed by atoms with E-state index in [0.717, 1.165) is 41.4 Å². The van der Waals surface area contributed by atoms with Gasteiger partial charge in [0.1, 0.15) is 5.82 Å². The molecule has 6 nitrogen and oxygen atoms in total. The third kappa shape index (κ3) is 3.82. The molecule has 1 unspecified atom stereocenters. The topological polar surface area (TPSA) is 87.9 Å². The lowest BCUT2D eigenvalue weighted by Crippen LogP contribution is -2.36. The summed E-state index contributed by atoms with van der Waals surface area (Å²) >= 11 is 6.02. The van der Waals surface area contributed by atoms with Gasteiger partial charge in [0.05, 0.1) is 28.8 Å². The van der Waals surface area contributed by atoms with E-state index in [-0.39, 0.29) is 11.9 Å². The molecule has 0 fully saturated rings. The van der Waals surface area contributed by atoms with Gasteiger partial charge in [-0.25, -0.2) is 4.98 Å². The van der Waals surface area contributed by atoms with E-state index in [2.05, 4.69) is 21.0 Å². The molecule has 3 aromatic heterocycles. The van der Waals surface area contributed by atoms with Gasteiger partial charge in [0, 0.05) is 29.0 Å². The number of nitrogens with one attached hydrogen (secondary N) is 1. The molecular weight excluding hydrogens is 422 g/mol. The average Bonchev–Trinajstić information content (AvgIpc) is 3.28. The van der Waals surface area contributed by atoms with E-state index in [0.29, 0.717) is 22.9 Å². The van der Waals surface area contributed by atoms with Crippen LogP contribution in [0.25, 0.3) is 10.9 Å². The Bertz CT molecular complexity index is 1300. The number of benzene rings is 1. The van der Waals surface area contributed by atoms with Crippen LogP contribution in [0.5, 0.6) is 0 Å². The number of carbonyl (C=O) groups excluding carboxylic acids is 1. The molecule has 1 aromatic carbocycles. The van der Waals surface area contributed by atoms with Gasteiger partial charge in [0.25, 0.3) is 5.91 Å². The molecule has 0 saturated carbocycles. The van der Waals surface area contributed by atoms with Crippen LogP contribution < -0.4 is 5.73 Å². The molecule has 1 amide bonds. The van der Waals surface area contributed by atoms with Crippen molar-refractivity contribution < 1.29 is 4.79 Å². The number of nitrogens with zero attached hydrogens (tertiary/aromatic N) is 3. The minimum absolute atomic E-state index is 0.0167. The van der Waals surface area contributed by atoms with Crippen LogP contribution in [-0.2, 0) is 13.0 Å². The van der Waals surface area contributed by atoms with Crippen molar-refractivity contribution in [2.24, 2.45) is 0 Å². The Kier molecular flexibility index (Phi) is 5.31. The van der Waals surface area contributed by atoms with Crippen LogP contribution in [0.15, 0.2) is 54.9 Å². The largest absolute Gasteiger partial charge is 0.383 e. The summed E-state index contributed by atoms with van der Waals surface area (Å²) in [6.45, 7) is 2.33. The van der Waals surface area contributed by atoms with Gasteiger partial charge >= 0.3 is 0 Å². The summed E-state index contributed by atoms with van der Waals surface area (Å²) in [5.41, 5.74) is 11.4. The molecular formula is C25H24ClN5O. The van der Waals surface area contributed by atoms with Crippen LogP contribution in [0.2, 0.25) is 5.02 Å². The Morgan fingerprint density at radius 1 is 1.25 bits per heavy atom. The van der Waals surface area contributed by atoms with Crippen LogP contribution in [-0.4, -0.2) is 25.8 Å². The first kappa shape index (κ1) is 20.5. The maximum Gasteiger partial charge on any atom is 0.254 e. The number of hydrogen-bond acceptors (Lipinski definition) is 4. The molecule has 5 rings (SSSR count). The summed E-state index contributed by atoms with van der Waals surface area (Å²) in [5.74, 6) is 0.478. The predicted octanol–water partition coefficient (Wildman–Crippen LogP) is 5.22. The standard InChI is InChI=1S/C25H24ClN5O/c1-15-11-17-12-16(5-8-21(17)30-24(15)27)25(32)31(14-19-7-6-18(26)13-29-19)23-4-2-3-22-20(23)9-10-28-22/h5-13,23,28H,2-4,14H2,1H3,(H2,27,30). The quantitative estimate of drug-likeness (QED) is 0.450. The monoisotopic (exact) mass is 445 g/mol. The fraction of sp³-hybridized carbons (Fsp3) is 0.240. The third-order valence-corrected chi connectivity index (χ3v) is 6.41. The van der Waals surface area contributed by atoms with Gasteiger partial charge < -0.3 is 15.6 Å². The minimum Gasteiger partial charge on any atom is -0.383 e. The molecule has 3 N–H and O–H groups in total. The predicted molar refractivity (Wildman–Crippen MR) is 126 cm³/mol. The van der Waals surface area contributed by atoms with Gasteiger partial charge in [0.2, 0.25) is 0 Å². The van der Waals surface area contributed by atoms with Gasteiger partial charge in [-0.15, -0.1) is 0 Å². The summed E-state index contributed by atoms with van der Waals surface area (Å²) in [7, 11) is 0. The van der Waals surface area contributed by atoms with E-state index < -0.39 is 0 Å². The lowest BCUT2D eigenvalue weighted by molar-refractivity contribution is 0.0635. The molecule has 0 bridgehead atoms. The molecule has 1 atom stereocenters. The van der Waals surface area contributed by atoms with Crippen LogP contribution in [0.1, 0.15) is 51.8 Å². The molecule has 0 radical (unpaired) electrons. The lowest BCUT2D eigenvalue weighted by Gasteiger charge is -2.34. The van der Waals surface area contributed by atoms with E-state index >= 15 is 0 Å². The number of anilines is 1. The first-order valence-electron chi connectivity index (χ1n) is 10.7. The second kappa shape index (κ2) is 8.28. The van der Waals surface area contributed by atoms with Crippen LogP contribution in [0.4, 0.5) is 5.82 Å². The summed E-state index contributed by atoms with van der Waals surface area (Å²) in [4.78, 5) is 28.0. The number of aromatic amines is 1. The molecule has 1 aliphatic carbocycles. The SMILES string of the molecule is Cc1cc2cc(C(=O)N(Cc3ccc(Cl)cn3)C3CCCc4[nH]ccc43)ccc2nc1N. The third-order valence-electron chi connectivity index (χ3n) is 6.18. The van der Waals surface area contributed by atoms with Crippen molar-refractivity contribution in [1.82, 2.24) is 19.9 Å². The number of halogens is 1. The normalized spacial score (nSPS) is 15.5. The summed E-state index contributed by atoms with van der Waals surface area (Å²) in [5, 5.41) is 1.48. The van der Waals surface area contributed by atoms with Crippen LogP contribution in [0, 0.1) is 6.92 Å². The zero-order chi connectivity index (χ0) is 22.2. The number of carbonyl (C=O) groups is 1. The Labute approximate surface area is 191 Å². The molecule has 0 spiro atoms.